The molecule has 7 heteroatoms. The summed E-state index contributed by atoms with van der Waals surface area (Å²) in [5.74, 6) is -2.34. The first-order chi connectivity index (χ1) is 17.0. The summed E-state index contributed by atoms with van der Waals surface area (Å²) < 4.78 is 0. The molecule has 176 valence electrons. The van der Waals surface area contributed by atoms with E-state index in [2.05, 4.69) is 10.6 Å². The number of benzene rings is 3. The molecule has 35 heavy (non-hydrogen) atoms. The van der Waals surface area contributed by atoms with E-state index in [4.69, 9.17) is 11.6 Å². The monoisotopic (exact) mass is 485 g/mol. The lowest BCUT2D eigenvalue weighted by atomic mass is 9.76. The van der Waals surface area contributed by atoms with Gasteiger partial charge in [-0.15, -0.1) is 0 Å². The first-order valence-corrected chi connectivity index (χ1v) is 12.2. The molecule has 6 rings (SSSR count). The Hall–Kier alpha value is -3.48. The van der Waals surface area contributed by atoms with Gasteiger partial charge in [-0.05, 0) is 30.0 Å². The summed E-state index contributed by atoms with van der Waals surface area (Å²) in [5, 5.41) is 6.77. The van der Waals surface area contributed by atoms with E-state index >= 15 is 0 Å². The molecule has 1 spiro atoms. The van der Waals surface area contributed by atoms with Crippen LogP contribution >= 0.6 is 11.6 Å². The lowest BCUT2D eigenvalue weighted by molar-refractivity contribution is -0.142. The SMILES string of the molecule is O=C1[C@H]2[C@H](Cc3ccccc3)N[C@@]3(C(=O)Nc4c(Cl)cccc43)[C@@H]2C(=O)N1CCc1ccccc1. The number of likely N-dealkylation sites (tertiary alicyclic amines) is 1. The van der Waals surface area contributed by atoms with Crippen LogP contribution in [-0.4, -0.2) is 35.2 Å². The summed E-state index contributed by atoms with van der Waals surface area (Å²) >= 11 is 6.41. The van der Waals surface area contributed by atoms with Gasteiger partial charge in [0.05, 0.1) is 22.5 Å². The normalized spacial score (nSPS) is 26.8. The predicted molar refractivity (Wildman–Crippen MR) is 133 cm³/mol. The maximum atomic E-state index is 13.9. The highest BCUT2D eigenvalue weighted by Crippen LogP contribution is 2.54. The van der Waals surface area contributed by atoms with Crippen LogP contribution in [0.5, 0.6) is 0 Å². The molecule has 3 aromatic rings. The Kier molecular flexibility index (Phi) is 5.24. The topological polar surface area (TPSA) is 78.5 Å². The number of nitrogens with zero attached hydrogens (tertiary/aromatic N) is 1. The number of nitrogens with one attached hydrogen (secondary N) is 2. The minimum Gasteiger partial charge on any atom is -0.323 e. The van der Waals surface area contributed by atoms with Gasteiger partial charge in [0.1, 0.15) is 5.54 Å². The Bertz CT molecular complexity index is 1330. The van der Waals surface area contributed by atoms with Gasteiger partial charge in [0.25, 0.3) is 0 Å². The Balaban J connectivity index is 1.41. The molecule has 2 N–H and O–H groups in total. The number of carbonyl (C=O) groups is 3. The van der Waals surface area contributed by atoms with Crippen LogP contribution in [0.4, 0.5) is 5.69 Å². The van der Waals surface area contributed by atoms with Crippen molar-refractivity contribution in [2.45, 2.75) is 24.4 Å². The molecular formula is C28H24ClN3O3. The average molecular weight is 486 g/mol. The zero-order valence-electron chi connectivity index (χ0n) is 18.9. The number of para-hydroxylation sites is 1. The van der Waals surface area contributed by atoms with Crippen molar-refractivity contribution in [1.29, 1.82) is 0 Å². The van der Waals surface area contributed by atoms with Crippen molar-refractivity contribution in [2.24, 2.45) is 11.8 Å². The number of rotatable bonds is 5. The van der Waals surface area contributed by atoms with E-state index in [1.807, 2.05) is 66.7 Å². The molecule has 3 heterocycles. The molecule has 3 amide bonds. The molecule has 0 radical (unpaired) electrons. The van der Waals surface area contributed by atoms with E-state index in [1.54, 1.807) is 12.1 Å². The second kappa shape index (κ2) is 8.33. The summed E-state index contributed by atoms with van der Waals surface area (Å²) in [4.78, 5) is 42.6. The third kappa shape index (κ3) is 3.32. The van der Waals surface area contributed by atoms with Crippen LogP contribution in [0.1, 0.15) is 16.7 Å². The van der Waals surface area contributed by atoms with Gasteiger partial charge in [-0.1, -0.05) is 84.4 Å². The number of halogens is 1. The van der Waals surface area contributed by atoms with Gasteiger partial charge in [-0.3, -0.25) is 24.6 Å². The minimum atomic E-state index is -1.33. The Morgan fingerprint density at radius 2 is 1.51 bits per heavy atom. The van der Waals surface area contributed by atoms with Crippen LogP contribution in [0.3, 0.4) is 0 Å². The summed E-state index contributed by atoms with van der Waals surface area (Å²) in [6, 6.07) is 24.5. The van der Waals surface area contributed by atoms with Crippen molar-refractivity contribution in [3.63, 3.8) is 0 Å². The van der Waals surface area contributed by atoms with Gasteiger partial charge >= 0.3 is 0 Å². The highest BCUT2D eigenvalue weighted by molar-refractivity contribution is 6.35. The second-order valence-electron chi connectivity index (χ2n) is 9.43. The minimum absolute atomic E-state index is 0.218. The Morgan fingerprint density at radius 3 is 2.23 bits per heavy atom. The van der Waals surface area contributed by atoms with Gasteiger partial charge in [-0.2, -0.15) is 0 Å². The maximum Gasteiger partial charge on any atom is 0.250 e. The zero-order chi connectivity index (χ0) is 24.2. The van der Waals surface area contributed by atoms with Crippen molar-refractivity contribution in [3.05, 3.63) is 101 Å². The van der Waals surface area contributed by atoms with Crippen LogP contribution in [0.2, 0.25) is 5.02 Å². The fourth-order valence-corrected chi connectivity index (χ4v) is 6.22. The van der Waals surface area contributed by atoms with Gasteiger partial charge in [0, 0.05) is 18.2 Å². The van der Waals surface area contributed by atoms with E-state index in [1.165, 1.54) is 4.90 Å². The Morgan fingerprint density at radius 1 is 0.829 bits per heavy atom. The molecular weight excluding hydrogens is 462 g/mol. The molecule has 6 nitrogen and oxygen atoms in total. The van der Waals surface area contributed by atoms with Crippen LogP contribution in [-0.2, 0) is 32.8 Å². The number of amides is 3. The van der Waals surface area contributed by atoms with E-state index < -0.39 is 17.4 Å². The fraction of sp³-hybridized carbons (Fsp3) is 0.250. The Labute approximate surface area is 208 Å². The van der Waals surface area contributed by atoms with Crippen LogP contribution in [0, 0.1) is 11.8 Å². The molecule has 3 aliphatic heterocycles. The maximum absolute atomic E-state index is 13.9. The lowest BCUT2D eigenvalue weighted by Gasteiger charge is -2.29. The second-order valence-corrected chi connectivity index (χ2v) is 9.84. The summed E-state index contributed by atoms with van der Waals surface area (Å²) in [5.41, 5.74) is 1.89. The third-order valence-electron chi connectivity index (χ3n) is 7.56. The van der Waals surface area contributed by atoms with Crippen molar-refractivity contribution in [3.8, 4) is 0 Å². The number of hydrogen-bond donors (Lipinski definition) is 2. The van der Waals surface area contributed by atoms with Crippen molar-refractivity contribution >= 4 is 35.0 Å². The molecule has 4 atom stereocenters. The highest BCUT2D eigenvalue weighted by atomic mass is 35.5. The van der Waals surface area contributed by atoms with Gasteiger partial charge in [0.2, 0.25) is 17.7 Å². The number of imide groups is 1. The smallest absolute Gasteiger partial charge is 0.250 e. The number of carbonyl (C=O) groups excluding carboxylic acids is 3. The molecule has 0 bridgehead atoms. The first-order valence-electron chi connectivity index (χ1n) is 11.8. The van der Waals surface area contributed by atoms with Crippen molar-refractivity contribution in [2.75, 3.05) is 11.9 Å². The molecule has 2 fully saturated rings. The molecule has 0 aliphatic carbocycles. The largest absolute Gasteiger partial charge is 0.323 e. The van der Waals surface area contributed by atoms with Crippen LogP contribution < -0.4 is 10.6 Å². The number of hydrogen-bond acceptors (Lipinski definition) is 4. The fourth-order valence-electron chi connectivity index (χ4n) is 6.00. The molecule has 3 aromatic carbocycles. The molecule has 0 aromatic heterocycles. The van der Waals surface area contributed by atoms with Gasteiger partial charge < -0.3 is 5.32 Å². The zero-order valence-corrected chi connectivity index (χ0v) is 19.7. The average Bonchev–Trinajstić information content (AvgIpc) is 3.45. The van der Waals surface area contributed by atoms with E-state index in [0.717, 1.165) is 11.1 Å². The third-order valence-corrected chi connectivity index (χ3v) is 7.87. The molecule has 3 aliphatic rings. The lowest BCUT2D eigenvalue weighted by Crippen LogP contribution is -2.53. The predicted octanol–water partition coefficient (Wildman–Crippen LogP) is 3.55. The van der Waals surface area contributed by atoms with Crippen LogP contribution in [0.15, 0.2) is 78.9 Å². The molecule has 0 saturated carbocycles. The van der Waals surface area contributed by atoms with Gasteiger partial charge in [-0.25, -0.2) is 0 Å². The summed E-state index contributed by atoms with van der Waals surface area (Å²) in [6.07, 6.45) is 1.09. The highest BCUT2D eigenvalue weighted by Gasteiger charge is 2.70. The number of anilines is 1. The van der Waals surface area contributed by atoms with E-state index in [-0.39, 0.29) is 30.3 Å². The summed E-state index contributed by atoms with van der Waals surface area (Å²) in [7, 11) is 0. The van der Waals surface area contributed by atoms with E-state index in [9.17, 15) is 14.4 Å². The van der Waals surface area contributed by atoms with Crippen molar-refractivity contribution in [1.82, 2.24) is 10.2 Å². The molecule has 2 saturated heterocycles. The first kappa shape index (κ1) is 22.0. The van der Waals surface area contributed by atoms with E-state index in [0.29, 0.717) is 29.1 Å². The molecule has 0 unspecified atom stereocenters. The standard InChI is InChI=1S/C28H24ClN3O3/c29-20-13-7-12-19-24(20)30-27(35)28(19)23-22(21(31-28)16-18-10-5-2-6-11-18)25(33)32(26(23)34)15-14-17-8-3-1-4-9-17/h1-13,21-23,31H,14-16H2,(H,30,35)/t21-,22-,23-,28+/m0/s1. The quantitative estimate of drug-likeness (QED) is 0.542. The number of fused-ring (bicyclic) bond motifs is 4. The summed E-state index contributed by atoms with van der Waals surface area (Å²) in [6.45, 7) is 0.285. The van der Waals surface area contributed by atoms with Gasteiger partial charge in [0.15, 0.2) is 0 Å². The van der Waals surface area contributed by atoms with Crippen molar-refractivity contribution < 1.29 is 14.4 Å². The van der Waals surface area contributed by atoms with Crippen LogP contribution in [0.25, 0.3) is 0 Å².